The van der Waals surface area contributed by atoms with Crippen LogP contribution in [-0.2, 0) is 51.1 Å². The van der Waals surface area contributed by atoms with Crippen LogP contribution in [0.2, 0.25) is 0 Å². The lowest BCUT2D eigenvalue weighted by molar-refractivity contribution is -0.161. The van der Waals surface area contributed by atoms with E-state index in [2.05, 4.69) is 30.1 Å². The van der Waals surface area contributed by atoms with Gasteiger partial charge in [0, 0.05) is 25.5 Å². The number of esters is 2. The van der Waals surface area contributed by atoms with E-state index in [0.717, 1.165) is 75.0 Å². The quantitative estimate of drug-likeness (QED) is 0.0108. The van der Waals surface area contributed by atoms with E-state index in [1.165, 1.54) is 12.5 Å². The third kappa shape index (κ3) is 26.1. The minimum Gasteiger partial charge on any atom is -0.462 e. The second-order valence-electron chi connectivity index (χ2n) is 16.2. The van der Waals surface area contributed by atoms with Gasteiger partial charge in [0.05, 0.1) is 13.2 Å². The molecular weight excluding hydrogens is 900 g/mol. The third-order valence-corrected chi connectivity index (χ3v) is 13.0. The number of nitrogens with zero attached hydrogens (tertiary/aromatic N) is 2. The number of unbranched alkanes of at least 4 members (excludes halogenated alkanes) is 8. The summed E-state index contributed by atoms with van der Waals surface area (Å²) in [6.07, 6.45) is 22.3. The number of aliphatic hydroxyl groups excluding tert-OH is 2. The number of allylic oxidation sites excluding steroid dienone is 8. The van der Waals surface area contributed by atoms with E-state index in [-0.39, 0.29) is 24.4 Å². The minimum absolute atomic E-state index is 0.0232. The fraction of sp³-hybridized carbons (Fsp3) is 0.667. The largest absolute Gasteiger partial charge is 0.481 e. The van der Waals surface area contributed by atoms with Crippen molar-refractivity contribution in [3.63, 3.8) is 0 Å². The smallest absolute Gasteiger partial charge is 0.462 e. The Bertz CT molecular complexity index is 1870. The molecule has 0 saturated carbocycles. The van der Waals surface area contributed by atoms with Crippen molar-refractivity contribution in [2.24, 2.45) is 5.92 Å². The molecule has 21 heteroatoms. The Morgan fingerprint density at radius 1 is 0.833 bits per heavy atom. The molecule has 1 saturated heterocycles. The molecule has 6 N–H and O–H groups in total. The second-order valence-corrected chi connectivity index (χ2v) is 19.2. The van der Waals surface area contributed by atoms with Crippen molar-refractivity contribution in [2.45, 2.75) is 167 Å². The average Bonchev–Trinajstić information content (AvgIpc) is 3.54. The van der Waals surface area contributed by atoms with Crippen LogP contribution < -0.4 is 11.4 Å². The molecule has 0 bridgehead atoms. The summed E-state index contributed by atoms with van der Waals surface area (Å²) in [6.45, 7) is 4.12. The van der Waals surface area contributed by atoms with E-state index in [4.69, 9.17) is 29.0 Å². The molecule has 0 spiro atoms. The molecule has 1 aliphatic heterocycles. The Morgan fingerprint density at radius 2 is 1.48 bits per heavy atom. The first-order valence-corrected chi connectivity index (χ1v) is 26.0. The Labute approximate surface area is 388 Å². The molecule has 1 aromatic heterocycles. The molecule has 1 fully saturated rings. The molecule has 2 heterocycles. The van der Waals surface area contributed by atoms with Gasteiger partial charge in [-0.3, -0.25) is 28.0 Å². The molecule has 1 aromatic rings. The summed E-state index contributed by atoms with van der Waals surface area (Å²) in [4.78, 5) is 73.4. The predicted octanol–water partition coefficient (Wildman–Crippen LogP) is 7.64. The lowest BCUT2D eigenvalue weighted by Gasteiger charge is -2.21. The number of phosphoric ester groups is 2. The Kier molecular flexibility index (Phi) is 29.2. The number of hydrogen-bond donors (Lipinski definition) is 5. The predicted molar refractivity (Wildman–Crippen MR) is 247 cm³/mol. The van der Waals surface area contributed by atoms with Crippen LogP contribution in [0.3, 0.4) is 0 Å². The number of hydrogen-bond acceptors (Lipinski definition) is 16. The Hall–Kier alpha value is -3.61. The molecule has 0 aliphatic carbocycles. The van der Waals surface area contributed by atoms with Gasteiger partial charge in [0.2, 0.25) is 0 Å². The van der Waals surface area contributed by atoms with Crippen LogP contribution in [-0.4, -0.2) is 91.5 Å². The fourth-order valence-electron chi connectivity index (χ4n) is 6.41. The van der Waals surface area contributed by atoms with Crippen molar-refractivity contribution in [1.82, 2.24) is 9.55 Å². The van der Waals surface area contributed by atoms with E-state index in [0.29, 0.717) is 38.0 Å². The van der Waals surface area contributed by atoms with Crippen LogP contribution >= 0.6 is 15.6 Å². The highest BCUT2D eigenvalue weighted by Gasteiger charge is 2.46. The first-order valence-electron chi connectivity index (χ1n) is 23.0. The number of aromatic nitrogens is 2. The van der Waals surface area contributed by atoms with Crippen LogP contribution in [0.15, 0.2) is 65.7 Å². The highest BCUT2D eigenvalue weighted by molar-refractivity contribution is 7.61. The first kappa shape index (κ1) is 58.5. The standard InChI is InChI=1S/C45H73N3O16P2/c1-4-6-20-26-36(49)27-22-17-12-10-8-7-9-11-13-18-23-28-40(50)59-32-37(62-41(51)29-24-19-15-14-16-21-25-35(3)5-2)33-60-65(55,56)64-66(57,58)61-34-38-42(52)43(53)44(63-38)48-31-30-39(46)47-45(48)54/h7-8,11-13,17,22,27,30-31,35,37-38,42-44,52-53H,4-6,9-10,14-16,18-21,23-26,28-29,32-34H2,1-3H3,(H,55,56)(H,57,58)(H2,46,47,54)/b8-7-,13-11-,17-12-,27-22+/t35?,37-,38-,42-,43-,44-/m1/s1. The number of carbonyl (C=O) groups excluding carboxylic acids is 3. The molecule has 66 heavy (non-hydrogen) atoms. The van der Waals surface area contributed by atoms with Gasteiger partial charge < -0.3 is 39.9 Å². The zero-order chi connectivity index (χ0) is 48.8. The first-order chi connectivity index (χ1) is 31.5. The molecule has 0 aromatic carbocycles. The van der Waals surface area contributed by atoms with Gasteiger partial charge in [0.1, 0.15) is 30.7 Å². The summed E-state index contributed by atoms with van der Waals surface area (Å²) >= 11 is 0. The Balaban J connectivity index is 1.86. The lowest BCUT2D eigenvalue weighted by atomic mass is 10.00. The second kappa shape index (κ2) is 33.0. The summed E-state index contributed by atoms with van der Waals surface area (Å²) in [5.41, 5.74) is 4.56. The van der Waals surface area contributed by atoms with Gasteiger partial charge in [-0.15, -0.1) is 0 Å². The maximum Gasteiger partial charge on any atom is 0.481 e. The van der Waals surface area contributed by atoms with Gasteiger partial charge in [-0.1, -0.05) is 121 Å². The number of nitrogen functional groups attached to an aromatic ring is 1. The van der Waals surface area contributed by atoms with E-state index in [1.807, 2.05) is 36.5 Å². The van der Waals surface area contributed by atoms with Crippen molar-refractivity contribution in [1.29, 1.82) is 0 Å². The highest BCUT2D eigenvalue weighted by atomic mass is 31.3. The van der Waals surface area contributed by atoms with E-state index in [1.54, 1.807) is 12.2 Å². The molecule has 2 rings (SSSR count). The zero-order valence-corrected chi connectivity index (χ0v) is 40.4. The molecule has 8 atom stereocenters. The summed E-state index contributed by atoms with van der Waals surface area (Å²) in [5.74, 6) is -0.582. The summed E-state index contributed by atoms with van der Waals surface area (Å²) in [6, 6.07) is 1.24. The SMILES string of the molecule is CCCCCC(=O)/C=C/C=C\C/C=C\C/C=C\CCCC(=O)OC[C@H](COP(=O)(O)OP(=O)(O)OC[C@H]1O[C@@H](n2ccc(N)nc2=O)[C@H](O)[C@@H]1O)OC(=O)CCCCCCCCC(C)CC. The van der Waals surface area contributed by atoms with Gasteiger partial charge in [-0.05, 0) is 56.6 Å². The Morgan fingerprint density at radius 3 is 2.20 bits per heavy atom. The number of ketones is 1. The average molecular weight is 974 g/mol. The summed E-state index contributed by atoms with van der Waals surface area (Å²) in [5, 5.41) is 20.8. The molecular formula is C45H73N3O16P2. The van der Waals surface area contributed by atoms with E-state index in [9.17, 15) is 48.3 Å². The molecule has 0 amide bonds. The highest BCUT2D eigenvalue weighted by Crippen LogP contribution is 2.60. The van der Waals surface area contributed by atoms with Gasteiger partial charge in [0.15, 0.2) is 18.1 Å². The monoisotopic (exact) mass is 973 g/mol. The number of anilines is 1. The van der Waals surface area contributed by atoms with Gasteiger partial charge >= 0.3 is 33.3 Å². The van der Waals surface area contributed by atoms with Crippen molar-refractivity contribution >= 4 is 39.2 Å². The normalized spacial score (nSPS) is 20.5. The van der Waals surface area contributed by atoms with Crippen molar-refractivity contribution in [3.05, 3.63) is 71.4 Å². The van der Waals surface area contributed by atoms with Crippen molar-refractivity contribution in [3.8, 4) is 0 Å². The minimum atomic E-state index is -5.44. The number of aliphatic hydroxyl groups is 2. The van der Waals surface area contributed by atoms with E-state index < -0.39 is 83.7 Å². The van der Waals surface area contributed by atoms with Crippen molar-refractivity contribution in [2.75, 3.05) is 25.6 Å². The molecule has 0 radical (unpaired) electrons. The number of rotatable bonds is 36. The summed E-state index contributed by atoms with van der Waals surface area (Å²) in [7, 11) is -10.9. The zero-order valence-electron chi connectivity index (χ0n) is 38.6. The van der Waals surface area contributed by atoms with Gasteiger partial charge in [0.25, 0.3) is 0 Å². The summed E-state index contributed by atoms with van der Waals surface area (Å²) < 4.78 is 56.4. The van der Waals surface area contributed by atoms with Gasteiger partial charge in [-0.2, -0.15) is 9.29 Å². The third-order valence-electron chi connectivity index (χ3n) is 10.4. The van der Waals surface area contributed by atoms with Crippen LogP contribution in [0.5, 0.6) is 0 Å². The molecule has 19 nitrogen and oxygen atoms in total. The number of phosphoric acid groups is 2. The van der Waals surface area contributed by atoms with Crippen LogP contribution in [0.25, 0.3) is 0 Å². The number of carbonyl (C=O) groups is 3. The van der Waals surface area contributed by atoms with Gasteiger partial charge in [-0.25, -0.2) is 13.9 Å². The number of nitrogens with two attached hydrogens (primary N) is 1. The maximum atomic E-state index is 12.8. The van der Waals surface area contributed by atoms with Crippen LogP contribution in [0, 0.1) is 5.92 Å². The molecule has 374 valence electrons. The lowest BCUT2D eigenvalue weighted by Crippen LogP contribution is -2.36. The fourth-order valence-corrected chi connectivity index (χ4v) is 8.52. The van der Waals surface area contributed by atoms with Crippen LogP contribution in [0.4, 0.5) is 5.82 Å². The maximum absolute atomic E-state index is 12.8. The number of ether oxygens (including phenoxy) is 3. The molecule has 3 unspecified atom stereocenters. The topological polar surface area (TPSA) is 283 Å². The van der Waals surface area contributed by atoms with Crippen molar-refractivity contribution < 1.29 is 71.1 Å². The van der Waals surface area contributed by atoms with Crippen LogP contribution in [0.1, 0.15) is 143 Å². The molecule has 1 aliphatic rings. The van der Waals surface area contributed by atoms with E-state index >= 15 is 0 Å².